The number of benzene rings is 1. The molecule has 0 fully saturated rings. The van der Waals surface area contributed by atoms with Crippen LogP contribution in [0.2, 0.25) is 0 Å². The monoisotopic (exact) mass is 271 g/mol. The number of aromatic nitrogens is 2. The van der Waals surface area contributed by atoms with Crippen LogP contribution in [0.4, 0.5) is 0 Å². The number of aryl methyl sites for hydroxylation is 1. The maximum absolute atomic E-state index is 5.36. The lowest BCUT2D eigenvalue weighted by Crippen LogP contribution is -2.31. The molecule has 4 nitrogen and oxygen atoms in total. The third kappa shape index (κ3) is 2.56. The Kier molecular flexibility index (Phi) is 3.74. The second kappa shape index (κ2) is 5.67. The van der Waals surface area contributed by atoms with Crippen molar-refractivity contribution in [3.05, 3.63) is 47.3 Å². The summed E-state index contributed by atoms with van der Waals surface area (Å²) in [5, 5.41) is 7.96. The van der Waals surface area contributed by atoms with Crippen molar-refractivity contribution < 1.29 is 4.74 Å². The Morgan fingerprint density at radius 3 is 3.10 bits per heavy atom. The van der Waals surface area contributed by atoms with Gasteiger partial charge in [-0.3, -0.25) is 4.68 Å². The molecule has 20 heavy (non-hydrogen) atoms. The number of ether oxygens (including phenoxy) is 1. The van der Waals surface area contributed by atoms with Gasteiger partial charge in [0.25, 0.3) is 0 Å². The minimum absolute atomic E-state index is 0.350. The van der Waals surface area contributed by atoms with E-state index in [4.69, 9.17) is 4.74 Å². The fourth-order valence-corrected chi connectivity index (χ4v) is 2.85. The van der Waals surface area contributed by atoms with E-state index in [0.29, 0.717) is 6.04 Å². The van der Waals surface area contributed by atoms with Gasteiger partial charge in [0.15, 0.2) is 0 Å². The molecular formula is C16H21N3O. The van der Waals surface area contributed by atoms with E-state index in [1.165, 1.54) is 16.7 Å². The van der Waals surface area contributed by atoms with Crippen LogP contribution in [0.25, 0.3) is 0 Å². The summed E-state index contributed by atoms with van der Waals surface area (Å²) in [7, 11) is 1.72. The first-order chi connectivity index (χ1) is 9.80. The Morgan fingerprint density at radius 2 is 2.35 bits per heavy atom. The highest BCUT2D eigenvalue weighted by molar-refractivity contribution is 5.40. The summed E-state index contributed by atoms with van der Waals surface area (Å²) in [4.78, 5) is 0. The molecule has 1 aliphatic heterocycles. The molecule has 0 radical (unpaired) electrons. The molecule has 0 amide bonds. The third-order valence-electron chi connectivity index (χ3n) is 3.96. The molecule has 1 N–H and O–H groups in total. The summed E-state index contributed by atoms with van der Waals surface area (Å²) >= 11 is 0. The van der Waals surface area contributed by atoms with Crippen LogP contribution >= 0.6 is 0 Å². The highest BCUT2D eigenvalue weighted by atomic mass is 16.5. The lowest BCUT2D eigenvalue weighted by Gasteiger charge is -2.27. The maximum atomic E-state index is 5.36. The molecule has 4 heteroatoms. The van der Waals surface area contributed by atoms with Crippen LogP contribution in [0.5, 0.6) is 5.75 Å². The molecule has 1 aliphatic rings. The van der Waals surface area contributed by atoms with Crippen LogP contribution in [0.3, 0.4) is 0 Å². The highest BCUT2D eigenvalue weighted by Gasteiger charge is 2.21. The van der Waals surface area contributed by atoms with Crippen molar-refractivity contribution in [3.8, 4) is 5.75 Å². The molecule has 0 aliphatic carbocycles. The van der Waals surface area contributed by atoms with Crippen molar-refractivity contribution in [3.63, 3.8) is 0 Å². The molecule has 106 valence electrons. The van der Waals surface area contributed by atoms with Crippen LogP contribution in [0, 0.1) is 0 Å². The van der Waals surface area contributed by atoms with Crippen molar-refractivity contribution in [2.75, 3.05) is 13.7 Å². The second-order valence-electron chi connectivity index (χ2n) is 5.23. The smallest absolute Gasteiger partial charge is 0.119 e. The van der Waals surface area contributed by atoms with Gasteiger partial charge in [-0.25, -0.2) is 0 Å². The van der Waals surface area contributed by atoms with Gasteiger partial charge in [0.2, 0.25) is 0 Å². The number of rotatable bonds is 4. The zero-order valence-electron chi connectivity index (χ0n) is 12.1. The summed E-state index contributed by atoms with van der Waals surface area (Å²) in [6.07, 6.45) is 6.17. The normalized spacial score (nSPS) is 17.8. The van der Waals surface area contributed by atoms with Crippen molar-refractivity contribution in [1.29, 1.82) is 0 Å². The van der Waals surface area contributed by atoms with Gasteiger partial charge >= 0.3 is 0 Å². The first-order valence-corrected chi connectivity index (χ1v) is 7.21. The van der Waals surface area contributed by atoms with Gasteiger partial charge in [-0.2, -0.15) is 5.10 Å². The van der Waals surface area contributed by atoms with Gasteiger partial charge in [-0.1, -0.05) is 6.07 Å². The SMILES string of the molecule is CCn1cc(CC2NCCc3ccc(OC)cc32)cn1. The Morgan fingerprint density at radius 1 is 1.45 bits per heavy atom. The number of hydrogen-bond donors (Lipinski definition) is 1. The topological polar surface area (TPSA) is 39.1 Å². The predicted octanol–water partition coefficient (Wildman–Crippen LogP) is 2.34. The summed E-state index contributed by atoms with van der Waals surface area (Å²) < 4.78 is 7.33. The van der Waals surface area contributed by atoms with E-state index >= 15 is 0 Å². The van der Waals surface area contributed by atoms with Crippen molar-refractivity contribution >= 4 is 0 Å². The van der Waals surface area contributed by atoms with Crippen molar-refractivity contribution in [1.82, 2.24) is 15.1 Å². The molecule has 0 bridgehead atoms. The summed E-state index contributed by atoms with van der Waals surface area (Å²) in [5.74, 6) is 0.932. The Labute approximate surface area is 119 Å². The number of hydrogen-bond acceptors (Lipinski definition) is 3. The average Bonchev–Trinajstić information content (AvgIpc) is 2.95. The minimum atomic E-state index is 0.350. The lowest BCUT2D eigenvalue weighted by atomic mass is 9.91. The van der Waals surface area contributed by atoms with Crippen LogP contribution < -0.4 is 10.1 Å². The molecule has 2 heterocycles. The van der Waals surface area contributed by atoms with E-state index in [-0.39, 0.29) is 0 Å². The number of fused-ring (bicyclic) bond motifs is 1. The van der Waals surface area contributed by atoms with Crippen LogP contribution in [0.1, 0.15) is 29.7 Å². The van der Waals surface area contributed by atoms with Gasteiger partial charge in [0, 0.05) is 18.8 Å². The van der Waals surface area contributed by atoms with Gasteiger partial charge in [-0.05, 0) is 55.1 Å². The lowest BCUT2D eigenvalue weighted by molar-refractivity contribution is 0.411. The van der Waals surface area contributed by atoms with Gasteiger partial charge in [-0.15, -0.1) is 0 Å². The second-order valence-corrected chi connectivity index (χ2v) is 5.23. The van der Waals surface area contributed by atoms with Crippen molar-refractivity contribution in [2.24, 2.45) is 0 Å². The fourth-order valence-electron chi connectivity index (χ4n) is 2.85. The molecule has 1 aromatic carbocycles. The van der Waals surface area contributed by atoms with Gasteiger partial charge in [0.05, 0.1) is 13.3 Å². The van der Waals surface area contributed by atoms with E-state index in [2.05, 4.69) is 41.7 Å². The number of methoxy groups -OCH3 is 1. The Bertz CT molecular complexity index is 591. The molecule has 1 atom stereocenters. The molecule has 3 rings (SSSR count). The quantitative estimate of drug-likeness (QED) is 0.927. The summed E-state index contributed by atoms with van der Waals surface area (Å²) in [6, 6.07) is 6.76. The van der Waals surface area contributed by atoms with Gasteiger partial charge in [0.1, 0.15) is 5.75 Å². The molecule has 0 spiro atoms. The zero-order valence-corrected chi connectivity index (χ0v) is 12.1. The summed E-state index contributed by atoms with van der Waals surface area (Å²) in [5.41, 5.74) is 4.07. The molecule has 0 saturated heterocycles. The summed E-state index contributed by atoms with van der Waals surface area (Å²) in [6.45, 7) is 4.06. The van der Waals surface area contributed by atoms with E-state index in [1.54, 1.807) is 7.11 Å². The van der Waals surface area contributed by atoms with Crippen LogP contribution in [-0.4, -0.2) is 23.4 Å². The van der Waals surface area contributed by atoms with E-state index in [9.17, 15) is 0 Å². The first kappa shape index (κ1) is 13.2. The van der Waals surface area contributed by atoms with Crippen LogP contribution in [0.15, 0.2) is 30.6 Å². The average molecular weight is 271 g/mol. The Balaban J connectivity index is 1.85. The molecule has 2 aromatic rings. The predicted molar refractivity (Wildman–Crippen MR) is 79.0 cm³/mol. The van der Waals surface area contributed by atoms with E-state index < -0.39 is 0 Å². The third-order valence-corrected chi connectivity index (χ3v) is 3.96. The largest absolute Gasteiger partial charge is 0.497 e. The van der Waals surface area contributed by atoms with Crippen molar-refractivity contribution in [2.45, 2.75) is 32.4 Å². The molecular weight excluding hydrogens is 250 g/mol. The zero-order chi connectivity index (χ0) is 13.9. The standard InChI is InChI=1S/C16H21N3O/c1-3-19-11-12(10-18-19)8-16-15-9-14(20-2)5-4-13(15)6-7-17-16/h4-5,9-11,16-17H,3,6-8H2,1-2H3. The molecule has 0 saturated carbocycles. The number of nitrogens with one attached hydrogen (secondary N) is 1. The van der Waals surface area contributed by atoms with E-state index in [1.807, 2.05) is 10.9 Å². The fraction of sp³-hybridized carbons (Fsp3) is 0.438. The number of nitrogens with zero attached hydrogens (tertiary/aromatic N) is 2. The van der Waals surface area contributed by atoms with Crippen LogP contribution in [-0.2, 0) is 19.4 Å². The maximum Gasteiger partial charge on any atom is 0.119 e. The van der Waals surface area contributed by atoms with E-state index in [0.717, 1.165) is 31.7 Å². The highest BCUT2D eigenvalue weighted by Crippen LogP contribution is 2.29. The molecule has 1 aromatic heterocycles. The Hall–Kier alpha value is -1.81. The minimum Gasteiger partial charge on any atom is -0.497 e. The van der Waals surface area contributed by atoms with Gasteiger partial charge < -0.3 is 10.1 Å². The first-order valence-electron chi connectivity index (χ1n) is 7.21. The molecule has 1 unspecified atom stereocenters.